The van der Waals surface area contributed by atoms with Crippen LogP contribution in [0.25, 0.3) is 10.8 Å². The molecule has 0 saturated carbocycles. The van der Waals surface area contributed by atoms with Crippen molar-refractivity contribution < 1.29 is 0 Å². The first-order valence-electron chi connectivity index (χ1n) is 7.66. The van der Waals surface area contributed by atoms with Crippen LogP contribution in [0.2, 0.25) is 0 Å². The van der Waals surface area contributed by atoms with E-state index in [-0.39, 0.29) is 18.4 Å². The van der Waals surface area contributed by atoms with Crippen molar-refractivity contribution in [3.8, 4) is 0 Å². The lowest BCUT2D eigenvalue weighted by molar-refractivity contribution is 0.685. The zero-order chi connectivity index (χ0) is 15.5. The first-order chi connectivity index (χ1) is 11.4. The van der Waals surface area contributed by atoms with Gasteiger partial charge < -0.3 is 5.32 Å². The van der Waals surface area contributed by atoms with Gasteiger partial charge in [0.2, 0.25) is 0 Å². The molecule has 1 heterocycles. The van der Waals surface area contributed by atoms with Gasteiger partial charge >= 0.3 is 0 Å². The molecular weight excluding hydrogens is 338 g/mol. The topological polar surface area (TPSA) is 36.4 Å². The average molecular weight is 356 g/mol. The number of aliphatic imine (C=N–C) groups is 1. The summed E-state index contributed by atoms with van der Waals surface area (Å²) in [5.41, 5.74) is 2.37. The molecule has 4 rings (SSSR count). The van der Waals surface area contributed by atoms with Gasteiger partial charge in [-0.2, -0.15) is 0 Å². The van der Waals surface area contributed by atoms with Crippen LogP contribution in [0.5, 0.6) is 0 Å². The molecule has 1 unspecified atom stereocenters. The fraction of sp³-hybridized carbons (Fsp3) is 0.105. The number of nitrogens with one attached hydrogen (secondary N) is 2. The van der Waals surface area contributed by atoms with E-state index in [0.717, 1.165) is 12.2 Å². The zero-order valence-corrected chi connectivity index (χ0v) is 14.6. The highest BCUT2D eigenvalue weighted by Crippen LogP contribution is 2.32. The number of hydrogen-bond donors (Lipinski definition) is 2. The number of fused-ring (bicyclic) bond motifs is 2. The number of nitrogens with zero attached hydrogens (tertiary/aromatic N) is 1. The highest BCUT2D eigenvalue weighted by Gasteiger charge is 2.18. The molecule has 3 aromatic carbocycles. The summed E-state index contributed by atoms with van der Waals surface area (Å²) in [4.78, 5) is 5.97. The summed E-state index contributed by atoms with van der Waals surface area (Å²) in [5.74, 6) is 0. The molecule has 5 heteroatoms. The molecule has 3 nitrogen and oxygen atoms in total. The molecule has 0 amide bonds. The molecule has 122 valence electrons. The molecule has 3 aromatic rings. The van der Waals surface area contributed by atoms with Crippen molar-refractivity contribution in [3.63, 3.8) is 0 Å². The van der Waals surface area contributed by atoms with Gasteiger partial charge in [-0.1, -0.05) is 54.6 Å². The van der Waals surface area contributed by atoms with E-state index in [4.69, 9.17) is 4.99 Å². The minimum atomic E-state index is 0. The van der Waals surface area contributed by atoms with E-state index in [0.29, 0.717) is 0 Å². The van der Waals surface area contributed by atoms with E-state index in [9.17, 15) is 0 Å². The Morgan fingerprint density at radius 3 is 2.75 bits per heavy atom. The molecule has 0 fully saturated rings. The molecule has 0 aliphatic carbocycles. The smallest absolute Gasteiger partial charge is 0.0911 e. The Morgan fingerprint density at radius 1 is 1.00 bits per heavy atom. The van der Waals surface area contributed by atoms with E-state index < -0.39 is 0 Å². The third-order valence-corrected chi connectivity index (χ3v) is 4.90. The van der Waals surface area contributed by atoms with Crippen molar-refractivity contribution in [1.82, 2.24) is 4.72 Å². The average Bonchev–Trinajstić information content (AvgIpc) is 2.62. The lowest BCUT2D eigenvalue weighted by atomic mass is 10.1. The van der Waals surface area contributed by atoms with Gasteiger partial charge in [0.05, 0.1) is 12.4 Å². The summed E-state index contributed by atoms with van der Waals surface area (Å²) in [6.07, 6.45) is 1.82. The van der Waals surface area contributed by atoms with Crippen molar-refractivity contribution >= 4 is 47.2 Å². The first kappa shape index (κ1) is 16.8. The van der Waals surface area contributed by atoms with Crippen molar-refractivity contribution in [2.75, 3.05) is 11.9 Å². The van der Waals surface area contributed by atoms with Crippen molar-refractivity contribution in [2.24, 2.45) is 4.99 Å². The van der Waals surface area contributed by atoms with E-state index in [1.165, 1.54) is 21.2 Å². The predicted octanol–water partition coefficient (Wildman–Crippen LogP) is 5.05. The molecule has 0 spiro atoms. The van der Waals surface area contributed by atoms with Gasteiger partial charge in [-0.05, 0) is 35.0 Å². The summed E-state index contributed by atoms with van der Waals surface area (Å²) in [5, 5.41) is 5.78. The number of halogens is 1. The Kier molecular flexibility index (Phi) is 5.41. The molecule has 0 aromatic heterocycles. The Bertz CT molecular complexity index is 861. The molecular formula is C19H18ClN3S. The molecule has 0 radical (unpaired) electrons. The maximum atomic E-state index is 4.71. The van der Waals surface area contributed by atoms with Gasteiger partial charge in [0.1, 0.15) is 0 Å². The lowest BCUT2D eigenvalue weighted by Gasteiger charge is -2.22. The Labute approximate surface area is 152 Å². The van der Waals surface area contributed by atoms with Crippen LogP contribution >= 0.6 is 24.4 Å². The Hall–Kier alpha value is -2.01. The van der Waals surface area contributed by atoms with Crippen molar-refractivity contribution in [3.05, 3.63) is 72.3 Å². The van der Waals surface area contributed by atoms with Crippen molar-refractivity contribution in [2.45, 2.75) is 10.9 Å². The summed E-state index contributed by atoms with van der Waals surface area (Å²) in [6.45, 7) is 0.843. The summed E-state index contributed by atoms with van der Waals surface area (Å²) in [7, 11) is 0. The van der Waals surface area contributed by atoms with E-state index in [1.54, 1.807) is 11.9 Å². The van der Waals surface area contributed by atoms with Crippen LogP contribution in [-0.2, 0) is 0 Å². The summed E-state index contributed by atoms with van der Waals surface area (Å²) < 4.78 is 3.34. The number of benzene rings is 3. The minimum absolute atomic E-state index is 0. The molecule has 0 bridgehead atoms. The number of hydrogen-bond acceptors (Lipinski definition) is 3. The molecule has 1 atom stereocenters. The lowest BCUT2D eigenvalue weighted by Crippen LogP contribution is -2.20. The molecule has 2 N–H and O–H groups in total. The summed E-state index contributed by atoms with van der Waals surface area (Å²) >= 11 is 1.68. The van der Waals surface area contributed by atoms with Gasteiger partial charge in [-0.25, -0.2) is 0 Å². The first-order valence-corrected chi connectivity index (χ1v) is 8.48. The predicted molar refractivity (Wildman–Crippen MR) is 106 cm³/mol. The van der Waals surface area contributed by atoms with Gasteiger partial charge in [0, 0.05) is 22.5 Å². The maximum absolute atomic E-state index is 4.71. The maximum Gasteiger partial charge on any atom is 0.0911 e. The largest absolute Gasteiger partial charge is 0.346 e. The third kappa shape index (κ3) is 3.41. The van der Waals surface area contributed by atoms with Gasteiger partial charge in [0.25, 0.3) is 0 Å². The molecule has 24 heavy (non-hydrogen) atoms. The van der Waals surface area contributed by atoms with Crippen LogP contribution in [0.4, 0.5) is 5.69 Å². The second kappa shape index (κ2) is 7.71. The normalized spacial score (nSPS) is 16.6. The monoisotopic (exact) mass is 355 g/mol. The second-order valence-corrected chi connectivity index (χ2v) is 6.39. The molecule has 0 saturated heterocycles. The van der Waals surface area contributed by atoms with Gasteiger partial charge in [0.15, 0.2) is 0 Å². The van der Waals surface area contributed by atoms with Crippen LogP contribution in [0, 0.1) is 0 Å². The quantitative estimate of drug-likeness (QED) is 0.392. The zero-order valence-electron chi connectivity index (χ0n) is 13.0. The third-order valence-electron chi connectivity index (χ3n) is 4.00. The highest BCUT2D eigenvalue weighted by molar-refractivity contribution is 7.97. The fourth-order valence-corrected chi connectivity index (χ4v) is 3.70. The van der Waals surface area contributed by atoms with E-state index >= 15 is 0 Å². The SMILES string of the molecule is C(=NC1CNSc2ccccc21)Nc1cccc2ccccc12.Cl. The molecule has 1 aliphatic rings. The standard InChI is InChI=1S/C19H17N3S.ClH/c1-2-8-15-14(6-1)7-5-10-17(15)20-13-21-18-12-22-23-19-11-4-3-9-16(18)19;/h1-11,13,18,22H,12H2,(H,20,21);1H. The van der Waals surface area contributed by atoms with Gasteiger partial charge in [-0.15, -0.1) is 12.4 Å². The highest BCUT2D eigenvalue weighted by atomic mass is 35.5. The van der Waals surface area contributed by atoms with Crippen LogP contribution in [0.3, 0.4) is 0 Å². The molecule has 1 aliphatic heterocycles. The van der Waals surface area contributed by atoms with E-state index in [1.807, 2.05) is 6.34 Å². The summed E-state index contributed by atoms with van der Waals surface area (Å²) in [6, 6.07) is 23.2. The second-order valence-electron chi connectivity index (χ2n) is 5.45. The number of anilines is 1. The van der Waals surface area contributed by atoms with Crippen LogP contribution in [-0.4, -0.2) is 12.9 Å². The minimum Gasteiger partial charge on any atom is -0.346 e. The van der Waals surface area contributed by atoms with E-state index in [2.05, 4.69) is 76.8 Å². The Balaban J connectivity index is 0.00000169. The fourth-order valence-electron chi connectivity index (χ4n) is 2.84. The van der Waals surface area contributed by atoms with Crippen LogP contribution in [0.15, 0.2) is 76.6 Å². The Morgan fingerprint density at radius 2 is 1.79 bits per heavy atom. The van der Waals surface area contributed by atoms with Crippen LogP contribution < -0.4 is 10.0 Å². The van der Waals surface area contributed by atoms with Gasteiger partial charge in [-0.3, -0.25) is 9.71 Å². The van der Waals surface area contributed by atoms with Crippen molar-refractivity contribution in [1.29, 1.82) is 0 Å². The van der Waals surface area contributed by atoms with Crippen LogP contribution in [0.1, 0.15) is 11.6 Å². The number of rotatable bonds is 3.